The number of carbonyl (C=O) groups excluding carboxylic acids is 1. The fourth-order valence-corrected chi connectivity index (χ4v) is 2.43. The number of rotatable bonds is 5. The number of carbonyl (C=O) groups is 1. The quantitative estimate of drug-likeness (QED) is 0.846. The van der Waals surface area contributed by atoms with Gasteiger partial charge in [0.1, 0.15) is 5.75 Å². The second-order valence-electron chi connectivity index (χ2n) is 5.74. The first-order valence-corrected chi connectivity index (χ1v) is 7.52. The molecule has 21 heavy (non-hydrogen) atoms. The molecule has 4 nitrogen and oxygen atoms in total. The van der Waals surface area contributed by atoms with Gasteiger partial charge in [-0.25, -0.2) is 0 Å². The molecule has 0 bridgehead atoms. The monoisotopic (exact) mass is 288 g/mol. The van der Waals surface area contributed by atoms with Crippen LogP contribution in [0.5, 0.6) is 5.75 Å². The lowest BCUT2D eigenvalue weighted by atomic mass is 10.1. The topological polar surface area (TPSA) is 55.6 Å². The van der Waals surface area contributed by atoms with E-state index in [1.165, 1.54) is 0 Å². The maximum Gasteiger partial charge on any atom is 0.246 e. The Balaban J connectivity index is 1.90. The van der Waals surface area contributed by atoms with Crippen LogP contribution < -0.4 is 10.5 Å². The van der Waals surface area contributed by atoms with Crippen LogP contribution in [-0.2, 0) is 4.79 Å². The molecule has 1 unspecified atom stereocenters. The predicted molar refractivity (Wildman–Crippen MR) is 85.0 cm³/mol. The number of amides is 1. The second kappa shape index (κ2) is 7.27. The van der Waals surface area contributed by atoms with Gasteiger partial charge in [-0.15, -0.1) is 0 Å². The molecule has 2 N–H and O–H groups in total. The Labute approximate surface area is 126 Å². The van der Waals surface area contributed by atoms with Crippen molar-refractivity contribution in [2.75, 3.05) is 19.6 Å². The highest BCUT2D eigenvalue weighted by atomic mass is 16.5. The summed E-state index contributed by atoms with van der Waals surface area (Å²) >= 11 is 0. The van der Waals surface area contributed by atoms with Crippen molar-refractivity contribution in [1.29, 1.82) is 0 Å². The average Bonchev–Trinajstić information content (AvgIpc) is 2.94. The van der Waals surface area contributed by atoms with E-state index in [0.29, 0.717) is 12.5 Å². The van der Waals surface area contributed by atoms with Crippen LogP contribution in [0.2, 0.25) is 0 Å². The van der Waals surface area contributed by atoms with E-state index in [-0.39, 0.29) is 12.0 Å². The highest BCUT2D eigenvalue weighted by molar-refractivity contribution is 5.91. The number of hydrogen-bond acceptors (Lipinski definition) is 3. The summed E-state index contributed by atoms with van der Waals surface area (Å²) in [7, 11) is 0. The zero-order valence-electron chi connectivity index (χ0n) is 12.8. The molecule has 1 atom stereocenters. The van der Waals surface area contributed by atoms with Crippen LogP contribution in [0.4, 0.5) is 0 Å². The van der Waals surface area contributed by atoms with Gasteiger partial charge in [0.25, 0.3) is 0 Å². The molecule has 1 aliphatic heterocycles. The molecule has 1 aromatic carbocycles. The van der Waals surface area contributed by atoms with Crippen LogP contribution in [-0.4, -0.2) is 36.5 Å². The van der Waals surface area contributed by atoms with E-state index in [0.717, 1.165) is 30.8 Å². The van der Waals surface area contributed by atoms with E-state index >= 15 is 0 Å². The molecular weight excluding hydrogens is 264 g/mol. The lowest BCUT2D eigenvalue weighted by Crippen LogP contribution is -2.28. The number of ether oxygens (including phenoxy) is 1. The van der Waals surface area contributed by atoms with E-state index in [9.17, 15) is 4.79 Å². The van der Waals surface area contributed by atoms with E-state index in [1.807, 2.05) is 49.1 Å². The van der Waals surface area contributed by atoms with Crippen LogP contribution in [0.3, 0.4) is 0 Å². The molecule has 0 saturated carbocycles. The van der Waals surface area contributed by atoms with E-state index in [1.54, 1.807) is 6.08 Å². The summed E-state index contributed by atoms with van der Waals surface area (Å²) in [4.78, 5) is 13.9. The number of nitrogens with two attached hydrogens (primary N) is 1. The summed E-state index contributed by atoms with van der Waals surface area (Å²) in [6, 6.07) is 7.75. The number of hydrogen-bond donors (Lipinski definition) is 1. The van der Waals surface area contributed by atoms with Crippen LogP contribution in [0.25, 0.3) is 6.08 Å². The van der Waals surface area contributed by atoms with Gasteiger partial charge < -0.3 is 15.4 Å². The molecule has 1 amide bonds. The third-order valence-corrected chi connectivity index (χ3v) is 3.60. The van der Waals surface area contributed by atoms with Crippen LogP contribution in [0, 0.1) is 5.92 Å². The molecule has 1 fully saturated rings. The minimum atomic E-state index is 0.0634. The fourth-order valence-electron chi connectivity index (χ4n) is 2.43. The third kappa shape index (κ3) is 4.60. The summed E-state index contributed by atoms with van der Waals surface area (Å²) in [6.07, 6.45) is 4.66. The van der Waals surface area contributed by atoms with Crippen LogP contribution in [0.15, 0.2) is 30.3 Å². The minimum absolute atomic E-state index is 0.0634. The zero-order chi connectivity index (χ0) is 15.2. The minimum Gasteiger partial charge on any atom is -0.491 e. The summed E-state index contributed by atoms with van der Waals surface area (Å²) in [6.45, 7) is 6.24. The Morgan fingerprint density at radius 1 is 1.43 bits per heavy atom. The van der Waals surface area contributed by atoms with Crippen molar-refractivity contribution in [2.24, 2.45) is 11.7 Å². The molecular formula is C17H24N2O2. The van der Waals surface area contributed by atoms with Crippen molar-refractivity contribution in [3.05, 3.63) is 35.9 Å². The summed E-state index contributed by atoms with van der Waals surface area (Å²) in [5.41, 5.74) is 6.64. The Hall–Kier alpha value is -1.81. The summed E-state index contributed by atoms with van der Waals surface area (Å²) in [5, 5.41) is 0. The van der Waals surface area contributed by atoms with Gasteiger partial charge in [0.2, 0.25) is 5.91 Å². The zero-order valence-corrected chi connectivity index (χ0v) is 12.8. The molecule has 0 radical (unpaired) electrons. The van der Waals surface area contributed by atoms with Gasteiger partial charge in [0, 0.05) is 19.2 Å². The molecule has 0 spiro atoms. The number of benzene rings is 1. The van der Waals surface area contributed by atoms with Gasteiger partial charge in [-0.3, -0.25) is 4.79 Å². The predicted octanol–water partition coefficient (Wildman–Crippen LogP) is 2.29. The van der Waals surface area contributed by atoms with E-state index in [4.69, 9.17) is 10.5 Å². The summed E-state index contributed by atoms with van der Waals surface area (Å²) < 4.78 is 5.59. The smallest absolute Gasteiger partial charge is 0.246 e. The maximum absolute atomic E-state index is 12.1. The van der Waals surface area contributed by atoms with Crippen molar-refractivity contribution >= 4 is 12.0 Å². The van der Waals surface area contributed by atoms with Gasteiger partial charge in [-0.2, -0.15) is 0 Å². The van der Waals surface area contributed by atoms with Gasteiger partial charge in [0.15, 0.2) is 0 Å². The molecule has 2 rings (SSSR count). The molecule has 4 heteroatoms. The van der Waals surface area contributed by atoms with Crippen molar-refractivity contribution in [2.45, 2.75) is 26.4 Å². The van der Waals surface area contributed by atoms with Gasteiger partial charge in [-0.1, -0.05) is 12.1 Å². The largest absolute Gasteiger partial charge is 0.491 e. The molecule has 0 aromatic heterocycles. The van der Waals surface area contributed by atoms with Crippen molar-refractivity contribution in [1.82, 2.24) is 4.90 Å². The second-order valence-corrected chi connectivity index (χ2v) is 5.74. The van der Waals surface area contributed by atoms with Crippen molar-refractivity contribution in [3.8, 4) is 5.75 Å². The normalized spacial score (nSPS) is 18.7. The fraction of sp³-hybridized carbons (Fsp3) is 0.471. The van der Waals surface area contributed by atoms with Gasteiger partial charge in [-0.05, 0) is 56.5 Å². The van der Waals surface area contributed by atoms with Crippen LogP contribution in [0.1, 0.15) is 25.8 Å². The number of nitrogens with zero attached hydrogens (tertiary/aromatic N) is 1. The first kappa shape index (κ1) is 15.6. The van der Waals surface area contributed by atoms with Crippen molar-refractivity contribution < 1.29 is 9.53 Å². The molecule has 1 heterocycles. The Morgan fingerprint density at radius 2 is 2.14 bits per heavy atom. The lowest BCUT2D eigenvalue weighted by Gasteiger charge is -2.13. The highest BCUT2D eigenvalue weighted by Crippen LogP contribution is 2.17. The molecule has 0 aliphatic carbocycles. The maximum atomic E-state index is 12.1. The Bertz CT molecular complexity index is 494. The average molecular weight is 288 g/mol. The molecule has 1 aliphatic rings. The van der Waals surface area contributed by atoms with Gasteiger partial charge >= 0.3 is 0 Å². The third-order valence-electron chi connectivity index (χ3n) is 3.60. The molecule has 1 saturated heterocycles. The van der Waals surface area contributed by atoms with Gasteiger partial charge in [0.05, 0.1) is 6.10 Å². The molecule has 1 aromatic rings. The first-order chi connectivity index (χ1) is 10.1. The Kier molecular flexibility index (Phi) is 5.39. The highest BCUT2D eigenvalue weighted by Gasteiger charge is 2.23. The first-order valence-electron chi connectivity index (χ1n) is 7.52. The van der Waals surface area contributed by atoms with E-state index in [2.05, 4.69) is 0 Å². The van der Waals surface area contributed by atoms with E-state index < -0.39 is 0 Å². The SMILES string of the molecule is CC(C)Oc1ccc(C=CC(=O)N2CCC(CN)C2)cc1. The van der Waals surface area contributed by atoms with Crippen molar-refractivity contribution in [3.63, 3.8) is 0 Å². The Morgan fingerprint density at radius 3 is 2.71 bits per heavy atom. The lowest BCUT2D eigenvalue weighted by molar-refractivity contribution is -0.125. The molecule has 114 valence electrons. The van der Waals surface area contributed by atoms with Crippen LogP contribution >= 0.6 is 0 Å². The standard InChI is InChI=1S/C17H24N2O2/c1-13(2)21-16-6-3-14(4-7-16)5-8-17(20)19-10-9-15(11-18)12-19/h3-8,13,15H,9-12,18H2,1-2H3. The summed E-state index contributed by atoms with van der Waals surface area (Å²) in [5.74, 6) is 1.36. The number of likely N-dealkylation sites (tertiary alicyclic amines) is 1.